The SMILES string of the molecule is COCc1nc2c(Cl)cccn2n1. The van der Waals surface area contributed by atoms with Crippen LogP contribution in [0.5, 0.6) is 0 Å². The van der Waals surface area contributed by atoms with Gasteiger partial charge < -0.3 is 4.74 Å². The molecule has 2 aromatic rings. The van der Waals surface area contributed by atoms with Crippen molar-refractivity contribution in [2.24, 2.45) is 0 Å². The zero-order chi connectivity index (χ0) is 9.26. The Balaban J connectivity index is 2.55. The van der Waals surface area contributed by atoms with Crippen molar-refractivity contribution < 1.29 is 4.74 Å². The van der Waals surface area contributed by atoms with Crippen molar-refractivity contribution in [2.45, 2.75) is 6.61 Å². The van der Waals surface area contributed by atoms with Crippen molar-refractivity contribution in [1.29, 1.82) is 0 Å². The van der Waals surface area contributed by atoms with Crippen molar-refractivity contribution in [2.75, 3.05) is 7.11 Å². The van der Waals surface area contributed by atoms with Crippen LogP contribution in [0.1, 0.15) is 5.82 Å². The van der Waals surface area contributed by atoms with Crippen LogP contribution in [0, 0.1) is 0 Å². The van der Waals surface area contributed by atoms with Gasteiger partial charge in [-0.2, -0.15) is 0 Å². The minimum atomic E-state index is 0.401. The second kappa shape index (κ2) is 3.32. The number of nitrogens with zero attached hydrogens (tertiary/aromatic N) is 3. The van der Waals surface area contributed by atoms with E-state index >= 15 is 0 Å². The van der Waals surface area contributed by atoms with Gasteiger partial charge in [0.05, 0.1) is 5.02 Å². The lowest BCUT2D eigenvalue weighted by molar-refractivity contribution is 0.178. The van der Waals surface area contributed by atoms with Gasteiger partial charge in [0.1, 0.15) is 6.61 Å². The lowest BCUT2D eigenvalue weighted by atomic mass is 10.5. The van der Waals surface area contributed by atoms with E-state index in [0.717, 1.165) is 0 Å². The normalized spacial score (nSPS) is 10.9. The fourth-order valence-corrected chi connectivity index (χ4v) is 1.31. The largest absolute Gasteiger partial charge is 0.377 e. The molecule has 2 heterocycles. The first-order valence-corrected chi connectivity index (χ1v) is 4.18. The molecule has 4 nitrogen and oxygen atoms in total. The van der Waals surface area contributed by atoms with E-state index in [1.54, 1.807) is 23.9 Å². The lowest BCUT2D eigenvalue weighted by Gasteiger charge is -1.90. The third-order valence-corrected chi connectivity index (χ3v) is 1.93. The van der Waals surface area contributed by atoms with Crippen LogP contribution in [0.2, 0.25) is 5.02 Å². The van der Waals surface area contributed by atoms with Gasteiger partial charge in [-0.05, 0) is 12.1 Å². The summed E-state index contributed by atoms with van der Waals surface area (Å²) in [5.74, 6) is 0.635. The van der Waals surface area contributed by atoms with Crippen LogP contribution in [0.4, 0.5) is 0 Å². The van der Waals surface area contributed by atoms with Gasteiger partial charge in [-0.25, -0.2) is 9.50 Å². The molecule has 13 heavy (non-hydrogen) atoms. The highest BCUT2D eigenvalue weighted by molar-refractivity contribution is 6.33. The molecule has 0 aliphatic carbocycles. The molecule has 0 radical (unpaired) electrons. The Bertz CT molecular complexity index is 426. The number of hydrogen-bond donors (Lipinski definition) is 0. The summed E-state index contributed by atoms with van der Waals surface area (Å²) in [6.45, 7) is 0.401. The summed E-state index contributed by atoms with van der Waals surface area (Å²) in [6, 6.07) is 3.60. The second-order valence-corrected chi connectivity index (χ2v) is 2.99. The topological polar surface area (TPSA) is 39.4 Å². The molecule has 0 amide bonds. The molecule has 2 aromatic heterocycles. The van der Waals surface area contributed by atoms with E-state index in [1.165, 1.54) is 0 Å². The van der Waals surface area contributed by atoms with Gasteiger partial charge in [0.25, 0.3) is 0 Å². The number of halogens is 1. The molecule has 5 heteroatoms. The Morgan fingerprint density at radius 1 is 1.62 bits per heavy atom. The van der Waals surface area contributed by atoms with E-state index in [0.29, 0.717) is 23.1 Å². The average molecular weight is 198 g/mol. The first-order chi connectivity index (χ1) is 6.31. The zero-order valence-corrected chi connectivity index (χ0v) is 7.82. The van der Waals surface area contributed by atoms with Crippen molar-refractivity contribution in [3.05, 3.63) is 29.2 Å². The van der Waals surface area contributed by atoms with E-state index < -0.39 is 0 Å². The summed E-state index contributed by atoms with van der Waals surface area (Å²) in [7, 11) is 1.60. The quantitative estimate of drug-likeness (QED) is 0.733. The first-order valence-electron chi connectivity index (χ1n) is 3.80. The Kier molecular flexibility index (Phi) is 2.16. The highest BCUT2D eigenvalue weighted by atomic mass is 35.5. The van der Waals surface area contributed by atoms with Gasteiger partial charge in [-0.15, -0.1) is 5.10 Å². The molecule has 0 saturated heterocycles. The molecule has 0 aliphatic heterocycles. The summed E-state index contributed by atoms with van der Waals surface area (Å²) in [5, 5.41) is 4.75. The van der Waals surface area contributed by atoms with Crippen molar-refractivity contribution in [3.63, 3.8) is 0 Å². The van der Waals surface area contributed by atoms with E-state index in [2.05, 4.69) is 10.1 Å². The number of fused-ring (bicyclic) bond motifs is 1. The highest BCUT2D eigenvalue weighted by Crippen LogP contribution is 2.14. The summed E-state index contributed by atoms with van der Waals surface area (Å²) < 4.78 is 6.55. The van der Waals surface area contributed by atoms with Crippen LogP contribution in [-0.2, 0) is 11.3 Å². The molecule has 2 rings (SSSR count). The fourth-order valence-electron chi connectivity index (χ4n) is 1.11. The Morgan fingerprint density at radius 2 is 2.46 bits per heavy atom. The number of rotatable bonds is 2. The molecular formula is C8H8ClN3O. The van der Waals surface area contributed by atoms with Gasteiger partial charge in [-0.3, -0.25) is 0 Å². The van der Waals surface area contributed by atoms with Gasteiger partial charge in [0.2, 0.25) is 0 Å². The average Bonchev–Trinajstić information content (AvgIpc) is 2.49. The van der Waals surface area contributed by atoms with Crippen LogP contribution in [0.3, 0.4) is 0 Å². The van der Waals surface area contributed by atoms with Crippen LogP contribution in [-0.4, -0.2) is 21.7 Å². The predicted octanol–water partition coefficient (Wildman–Crippen LogP) is 1.53. The molecular weight excluding hydrogens is 190 g/mol. The maximum atomic E-state index is 5.91. The Hall–Kier alpha value is -1.13. The summed E-state index contributed by atoms with van der Waals surface area (Å²) in [4.78, 5) is 4.20. The summed E-state index contributed by atoms with van der Waals surface area (Å²) in [6.07, 6.45) is 1.80. The van der Waals surface area contributed by atoms with Gasteiger partial charge in [0.15, 0.2) is 11.5 Å². The summed E-state index contributed by atoms with van der Waals surface area (Å²) >= 11 is 5.91. The monoisotopic (exact) mass is 197 g/mol. The molecule has 68 valence electrons. The van der Waals surface area contributed by atoms with Crippen molar-refractivity contribution in [3.8, 4) is 0 Å². The maximum Gasteiger partial charge on any atom is 0.177 e. The van der Waals surface area contributed by atoms with Gasteiger partial charge in [-0.1, -0.05) is 11.6 Å². The zero-order valence-electron chi connectivity index (χ0n) is 7.07. The van der Waals surface area contributed by atoms with Crippen LogP contribution in [0.25, 0.3) is 5.65 Å². The Labute approximate surface area is 80.1 Å². The minimum Gasteiger partial charge on any atom is -0.377 e. The standard InChI is InChI=1S/C8H8ClN3O/c1-13-5-7-10-8-6(9)3-2-4-12(8)11-7/h2-4H,5H2,1H3. The van der Waals surface area contributed by atoms with Crippen molar-refractivity contribution >= 4 is 17.2 Å². The highest BCUT2D eigenvalue weighted by Gasteiger charge is 2.04. The fraction of sp³-hybridized carbons (Fsp3) is 0.250. The number of hydrogen-bond acceptors (Lipinski definition) is 3. The maximum absolute atomic E-state index is 5.91. The number of ether oxygens (including phenoxy) is 1. The second-order valence-electron chi connectivity index (χ2n) is 2.59. The number of aromatic nitrogens is 3. The molecule has 0 aromatic carbocycles. The molecule has 0 bridgehead atoms. The first kappa shape index (κ1) is 8.47. The van der Waals surface area contributed by atoms with E-state index in [9.17, 15) is 0 Å². The van der Waals surface area contributed by atoms with E-state index in [-0.39, 0.29) is 0 Å². The molecule has 0 N–H and O–H groups in total. The van der Waals surface area contributed by atoms with E-state index in [4.69, 9.17) is 16.3 Å². The number of pyridine rings is 1. The molecule has 0 aliphatic rings. The predicted molar refractivity (Wildman–Crippen MR) is 48.7 cm³/mol. The lowest BCUT2D eigenvalue weighted by Crippen LogP contribution is -1.90. The Morgan fingerprint density at radius 3 is 3.15 bits per heavy atom. The van der Waals surface area contributed by atoms with Crippen LogP contribution >= 0.6 is 11.6 Å². The van der Waals surface area contributed by atoms with Gasteiger partial charge in [0, 0.05) is 13.3 Å². The molecule has 0 unspecified atom stereocenters. The smallest absolute Gasteiger partial charge is 0.177 e. The third-order valence-electron chi connectivity index (χ3n) is 1.63. The van der Waals surface area contributed by atoms with Crippen LogP contribution < -0.4 is 0 Å². The molecule has 0 atom stereocenters. The molecule has 0 saturated carbocycles. The van der Waals surface area contributed by atoms with Crippen molar-refractivity contribution in [1.82, 2.24) is 14.6 Å². The minimum absolute atomic E-state index is 0.401. The molecule has 0 spiro atoms. The van der Waals surface area contributed by atoms with Gasteiger partial charge >= 0.3 is 0 Å². The van der Waals surface area contributed by atoms with Crippen LogP contribution in [0.15, 0.2) is 18.3 Å². The van der Waals surface area contributed by atoms with E-state index in [1.807, 2.05) is 6.07 Å². The molecule has 0 fully saturated rings. The third kappa shape index (κ3) is 1.50. The summed E-state index contributed by atoms with van der Waals surface area (Å²) in [5.41, 5.74) is 0.663. The number of methoxy groups -OCH3 is 1.